The zero-order chi connectivity index (χ0) is 21.5. The number of carbonyl (C=O) groups is 1. The van der Waals surface area contributed by atoms with Crippen molar-refractivity contribution >= 4 is 11.6 Å². The van der Waals surface area contributed by atoms with Gasteiger partial charge in [0.1, 0.15) is 12.4 Å². The van der Waals surface area contributed by atoms with Crippen LogP contribution in [0, 0.1) is 0 Å². The summed E-state index contributed by atoms with van der Waals surface area (Å²) in [7, 11) is 2.15. The van der Waals surface area contributed by atoms with E-state index >= 15 is 0 Å². The molecule has 0 aliphatic carbocycles. The van der Waals surface area contributed by atoms with Crippen LogP contribution in [0.1, 0.15) is 21.5 Å². The quantitative estimate of drug-likeness (QED) is 0.635. The minimum Gasteiger partial charge on any atom is -0.489 e. The van der Waals surface area contributed by atoms with E-state index in [0.29, 0.717) is 18.7 Å². The van der Waals surface area contributed by atoms with E-state index in [1.54, 1.807) is 0 Å². The van der Waals surface area contributed by atoms with Gasteiger partial charge in [0.05, 0.1) is 0 Å². The molecule has 3 aromatic rings. The van der Waals surface area contributed by atoms with Crippen LogP contribution < -0.4 is 15.0 Å². The summed E-state index contributed by atoms with van der Waals surface area (Å²) in [6.45, 7) is 5.14. The van der Waals surface area contributed by atoms with Crippen LogP contribution >= 0.6 is 0 Å². The molecule has 3 aromatic carbocycles. The Morgan fingerprint density at radius 3 is 2.29 bits per heavy atom. The molecule has 1 N–H and O–H groups in total. The monoisotopic (exact) mass is 415 g/mol. The van der Waals surface area contributed by atoms with E-state index in [2.05, 4.69) is 40.4 Å². The largest absolute Gasteiger partial charge is 0.489 e. The van der Waals surface area contributed by atoms with Crippen LogP contribution in [-0.2, 0) is 13.2 Å². The zero-order valence-electron chi connectivity index (χ0n) is 18.0. The van der Waals surface area contributed by atoms with Gasteiger partial charge in [0.25, 0.3) is 5.91 Å². The number of amides is 1. The van der Waals surface area contributed by atoms with Crippen molar-refractivity contribution < 1.29 is 9.53 Å². The average Bonchev–Trinajstić information content (AvgIpc) is 2.83. The molecule has 1 aliphatic rings. The van der Waals surface area contributed by atoms with Gasteiger partial charge >= 0.3 is 0 Å². The van der Waals surface area contributed by atoms with Crippen molar-refractivity contribution in [1.29, 1.82) is 0 Å². The molecule has 5 heteroatoms. The van der Waals surface area contributed by atoms with Crippen LogP contribution in [0.15, 0.2) is 78.9 Å². The second-order valence-corrected chi connectivity index (χ2v) is 7.90. The third-order valence-corrected chi connectivity index (χ3v) is 5.64. The van der Waals surface area contributed by atoms with E-state index in [1.165, 1.54) is 5.69 Å². The van der Waals surface area contributed by atoms with E-state index in [4.69, 9.17) is 4.74 Å². The summed E-state index contributed by atoms with van der Waals surface area (Å²) in [5, 5.41) is 3.06. The number of hydrogen-bond acceptors (Lipinski definition) is 4. The Bertz CT molecular complexity index is 981. The van der Waals surface area contributed by atoms with Crippen molar-refractivity contribution in [3.05, 3.63) is 95.6 Å². The lowest BCUT2D eigenvalue weighted by molar-refractivity contribution is 0.0951. The molecule has 0 radical (unpaired) electrons. The number of nitrogens with zero attached hydrogens (tertiary/aromatic N) is 2. The molecule has 1 amide bonds. The molecule has 0 aromatic heterocycles. The number of anilines is 1. The van der Waals surface area contributed by atoms with Gasteiger partial charge in [-0.05, 0) is 48.5 Å². The van der Waals surface area contributed by atoms with Crippen LogP contribution in [0.5, 0.6) is 5.75 Å². The minimum atomic E-state index is -0.0808. The van der Waals surface area contributed by atoms with Crippen LogP contribution in [0.25, 0.3) is 0 Å². The number of benzene rings is 3. The number of likely N-dealkylation sites (N-methyl/N-ethyl adjacent to an activating group) is 1. The lowest BCUT2D eigenvalue weighted by Crippen LogP contribution is -2.45. The molecule has 1 saturated heterocycles. The highest BCUT2D eigenvalue weighted by molar-refractivity contribution is 5.94. The first kappa shape index (κ1) is 20.9. The zero-order valence-corrected chi connectivity index (χ0v) is 18.0. The summed E-state index contributed by atoms with van der Waals surface area (Å²) in [4.78, 5) is 17.4. The fourth-order valence-corrected chi connectivity index (χ4v) is 3.74. The number of rotatable bonds is 7. The van der Waals surface area contributed by atoms with Crippen molar-refractivity contribution in [3.8, 4) is 5.75 Å². The van der Waals surface area contributed by atoms with Crippen molar-refractivity contribution in [1.82, 2.24) is 10.2 Å². The fourth-order valence-electron chi connectivity index (χ4n) is 3.74. The Labute approximate surface area is 184 Å². The molecule has 160 valence electrons. The van der Waals surface area contributed by atoms with Crippen LogP contribution in [-0.4, -0.2) is 44.0 Å². The number of para-hydroxylation sites is 1. The van der Waals surface area contributed by atoms with Crippen molar-refractivity contribution in [2.24, 2.45) is 0 Å². The average molecular weight is 416 g/mol. The highest BCUT2D eigenvalue weighted by Crippen LogP contribution is 2.22. The van der Waals surface area contributed by atoms with Gasteiger partial charge in [0, 0.05) is 44.0 Å². The van der Waals surface area contributed by atoms with Crippen molar-refractivity contribution in [3.63, 3.8) is 0 Å². The third-order valence-electron chi connectivity index (χ3n) is 5.64. The Balaban J connectivity index is 1.33. The first-order valence-electron chi connectivity index (χ1n) is 10.8. The topological polar surface area (TPSA) is 44.8 Å². The van der Waals surface area contributed by atoms with E-state index in [-0.39, 0.29) is 5.91 Å². The summed E-state index contributed by atoms with van der Waals surface area (Å²) >= 11 is 0. The minimum absolute atomic E-state index is 0.0808. The van der Waals surface area contributed by atoms with Crippen LogP contribution in [0.3, 0.4) is 0 Å². The Hall–Kier alpha value is -3.31. The van der Waals surface area contributed by atoms with Gasteiger partial charge < -0.3 is 19.9 Å². The van der Waals surface area contributed by atoms with Gasteiger partial charge in [0.2, 0.25) is 0 Å². The van der Waals surface area contributed by atoms with E-state index in [0.717, 1.165) is 43.1 Å². The van der Waals surface area contributed by atoms with Gasteiger partial charge in [-0.3, -0.25) is 4.79 Å². The predicted molar refractivity (Wildman–Crippen MR) is 125 cm³/mol. The number of carbonyl (C=O) groups excluding carboxylic acids is 1. The third kappa shape index (κ3) is 5.64. The molecule has 1 aliphatic heterocycles. The maximum absolute atomic E-state index is 12.7. The number of hydrogen-bond donors (Lipinski definition) is 1. The van der Waals surface area contributed by atoms with Crippen molar-refractivity contribution in [2.75, 3.05) is 38.1 Å². The Morgan fingerprint density at radius 2 is 1.55 bits per heavy atom. The smallest absolute Gasteiger partial charge is 0.251 e. The molecule has 1 fully saturated rings. The van der Waals surface area contributed by atoms with E-state index in [9.17, 15) is 4.79 Å². The predicted octanol–water partition coefficient (Wildman–Crippen LogP) is 3.95. The van der Waals surface area contributed by atoms with Gasteiger partial charge in [-0.25, -0.2) is 0 Å². The molecule has 0 spiro atoms. The summed E-state index contributed by atoms with van der Waals surface area (Å²) in [5.74, 6) is 0.670. The fraction of sp³-hybridized carbons (Fsp3) is 0.269. The SMILES string of the molecule is CN1CCN(c2ccccc2CNC(=O)c2ccc(OCc3ccccc3)cc2)CC1. The maximum atomic E-state index is 12.7. The number of ether oxygens (including phenoxy) is 1. The summed E-state index contributed by atoms with van der Waals surface area (Å²) in [5.41, 5.74) is 4.09. The van der Waals surface area contributed by atoms with E-state index in [1.807, 2.05) is 60.7 Å². The lowest BCUT2D eigenvalue weighted by atomic mass is 10.1. The summed E-state index contributed by atoms with van der Waals surface area (Å²) < 4.78 is 5.81. The van der Waals surface area contributed by atoms with E-state index < -0.39 is 0 Å². The highest BCUT2D eigenvalue weighted by atomic mass is 16.5. The summed E-state index contributed by atoms with van der Waals surface area (Å²) in [6, 6.07) is 25.7. The Morgan fingerprint density at radius 1 is 0.871 bits per heavy atom. The first-order chi connectivity index (χ1) is 15.2. The highest BCUT2D eigenvalue weighted by Gasteiger charge is 2.17. The van der Waals surface area contributed by atoms with Crippen LogP contribution in [0.2, 0.25) is 0 Å². The molecule has 0 bridgehead atoms. The summed E-state index contributed by atoms with van der Waals surface area (Å²) in [6.07, 6.45) is 0. The van der Waals surface area contributed by atoms with Gasteiger partial charge in [-0.2, -0.15) is 0 Å². The molecule has 0 unspecified atom stereocenters. The van der Waals surface area contributed by atoms with Crippen LogP contribution in [0.4, 0.5) is 5.69 Å². The van der Waals surface area contributed by atoms with Gasteiger partial charge in [-0.1, -0.05) is 48.5 Å². The molecule has 4 rings (SSSR count). The lowest BCUT2D eigenvalue weighted by Gasteiger charge is -2.35. The molecular weight excluding hydrogens is 386 g/mol. The molecule has 1 heterocycles. The Kier molecular flexibility index (Phi) is 6.85. The van der Waals surface area contributed by atoms with Gasteiger partial charge in [0.15, 0.2) is 0 Å². The second kappa shape index (κ2) is 10.1. The molecule has 5 nitrogen and oxygen atoms in total. The number of nitrogens with one attached hydrogen (secondary N) is 1. The maximum Gasteiger partial charge on any atom is 0.251 e. The molecular formula is C26H29N3O2. The molecule has 31 heavy (non-hydrogen) atoms. The molecule has 0 saturated carbocycles. The van der Waals surface area contributed by atoms with Gasteiger partial charge in [-0.15, -0.1) is 0 Å². The second-order valence-electron chi connectivity index (χ2n) is 7.90. The number of piperazine rings is 1. The van der Waals surface area contributed by atoms with Crippen molar-refractivity contribution in [2.45, 2.75) is 13.2 Å². The standard InChI is InChI=1S/C26H29N3O2/c1-28-15-17-29(18-16-28)25-10-6-5-9-23(25)19-27-26(30)22-11-13-24(14-12-22)31-20-21-7-3-2-4-8-21/h2-14H,15-20H2,1H3,(H,27,30). The normalized spacial score (nSPS) is 14.3. The molecule has 0 atom stereocenters. The first-order valence-corrected chi connectivity index (χ1v) is 10.8.